The molecule has 1 aromatic rings. The lowest BCUT2D eigenvalue weighted by Crippen LogP contribution is -2.37. The average molecular weight is 283 g/mol. The maximum Gasteiger partial charge on any atom is 0.288 e. The van der Waals surface area contributed by atoms with Gasteiger partial charge >= 0.3 is 0 Å². The van der Waals surface area contributed by atoms with Crippen molar-refractivity contribution in [3.63, 3.8) is 0 Å². The molecule has 3 amide bonds. The zero-order valence-corrected chi connectivity index (χ0v) is 10.6. The Morgan fingerprint density at radius 3 is 2.95 bits per heavy atom. The third-order valence-electron chi connectivity index (χ3n) is 2.48. The van der Waals surface area contributed by atoms with Crippen LogP contribution in [0.15, 0.2) is 18.5 Å². The van der Waals surface area contributed by atoms with Crippen molar-refractivity contribution >= 4 is 28.8 Å². The standard InChI is InChI=1S/C11H10FN3O3S/c12-8-5-13-2-1-7(8)10(17)14-3-4-15-9(16)6-19-11(15)18/h1-2,5H,3-4,6H2,(H,14,17). The lowest BCUT2D eigenvalue weighted by Gasteiger charge is -2.13. The first-order valence-electron chi connectivity index (χ1n) is 5.44. The first-order valence-corrected chi connectivity index (χ1v) is 6.43. The Kier molecular flexibility index (Phi) is 4.10. The van der Waals surface area contributed by atoms with Crippen molar-refractivity contribution < 1.29 is 18.8 Å². The van der Waals surface area contributed by atoms with Crippen LogP contribution in [0.3, 0.4) is 0 Å². The fourth-order valence-electron chi connectivity index (χ4n) is 1.53. The van der Waals surface area contributed by atoms with E-state index in [1.54, 1.807) is 0 Å². The van der Waals surface area contributed by atoms with E-state index < -0.39 is 11.7 Å². The largest absolute Gasteiger partial charge is 0.350 e. The third kappa shape index (κ3) is 3.08. The van der Waals surface area contributed by atoms with Crippen LogP contribution in [0.2, 0.25) is 0 Å². The molecule has 1 aliphatic heterocycles. The van der Waals surface area contributed by atoms with Crippen molar-refractivity contribution in [2.45, 2.75) is 0 Å². The van der Waals surface area contributed by atoms with Crippen LogP contribution in [0.1, 0.15) is 10.4 Å². The summed E-state index contributed by atoms with van der Waals surface area (Å²) in [5, 5.41) is 2.12. The zero-order valence-electron chi connectivity index (χ0n) is 9.76. The Bertz CT molecular complexity index is 522. The highest BCUT2D eigenvalue weighted by molar-refractivity contribution is 8.14. The van der Waals surface area contributed by atoms with E-state index in [0.29, 0.717) is 0 Å². The van der Waals surface area contributed by atoms with E-state index in [1.165, 1.54) is 12.3 Å². The highest BCUT2D eigenvalue weighted by atomic mass is 32.2. The third-order valence-corrected chi connectivity index (χ3v) is 3.34. The van der Waals surface area contributed by atoms with E-state index >= 15 is 0 Å². The molecule has 0 unspecified atom stereocenters. The number of thioether (sulfide) groups is 1. The van der Waals surface area contributed by atoms with Gasteiger partial charge in [0.05, 0.1) is 17.5 Å². The van der Waals surface area contributed by atoms with E-state index in [2.05, 4.69) is 10.3 Å². The molecular formula is C11H10FN3O3S. The van der Waals surface area contributed by atoms with Gasteiger partial charge < -0.3 is 5.32 Å². The number of halogens is 1. The van der Waals surface area contributed by atoms with E-state index in [-0.39, 0.29) is 35.6 Å². The number of pyridine rings is 1. The van der Waals surface area contributed by atoms with Gasteiger partial charge in [-0.15, -0.1) is 0 Å². The van der Waals surface area contributed by atoms with Gasteiger partial charge in [-0.25, -0.2) is 4.39 Å². The van der Waals surface area contributed by atoms with Crippen molar-refractivity contribution in [1.82, 2.24) is 15.2 Å². The van der Waals surface area contributed by atoms with Crippen LogP contribution >= 0.6 is 11.8 Å². The zero-order chi connectivity index (χ0) is 13.8. The van der Waals surface area contributed by atoms with Crippen LogP contribution in [0.5, 0.6) is 0 Å². The number of nitrogens with one attached hydrogen (secondary N) is 1. The molecule has 0 atom stereocenters. The topological polar surface area (TPSA) is 79.4 Å². The maximum absolute atomic E-state index is 13.2. The van der Waals surface area contributed by atoms with Crippen molar-refractivity contribution in [3.05, 3.63) is 29.8 Å². The Balaban J connectivity index is 1.86. The van der Waals surface area contributed by atoms with E-state index in [1.807, 2.05) is 0 Å². The lowest BCUT2D eigenvalue weighted by atomic mass is 10.2. The number of nitrogens with zero attached hydrogens (tertiary/aromatic N) is 2. The fraction of sp³-hybridized carbons (Fsp3) is 0.273. The minimum atomic E-state index is -0.719. The molecule has 0 aliphatic carbocycles. The SMILES string of the molecule is O=C(NCCN1C(=O)CSC1=O)c1ccncc1F. The summed E-state index contributed by atoms with van der Waals surface area (Å²) in [5.74, 6) is -1.47. The first kappa shape index (κ1) is 13.5. The van der Waals surface area contributed by atoms with Gasteiger partial charge in [-0.3, -0.25) is 24.3 Å². The maximum atomic E-state index is 13.2. The number of imide groups is 1. The summed E-state index contributed by atoms with van der Waals surface area (Å²) in [6.45, 7) is 0.168. The van der Waals surface area contributed by atoms with Crippen LogP contribution in [0.4, 0.5) is 9.18 Å². The average Bonchev–Trinajstić information content (AvgIpc) is 2.70. The molecule has 8 heteroatoms. The molecule has 2 heterocycles. The highest BCUT2D eigenvalue weighted by Gasteiger charge is 2.29. The molecule has 1 aliphatic rings. The number of amides is 3. The van der Waals surface area contributed by atoms with Crippen LogP contribution in [-0.4, -0.2) is 45.8 Å². The van der Waals surface area contributed by atoms with E-state index in [4.69, 9.17) is 0 Å². The Morgan fingerprint density at radius 2 is 2.32 bits per heavy atom. The Labute approximate surface area is 112 Å². The predicted octanol–water partition coefficient (Wildman–Crippen LogP) is 0.646. The summed E-state index contributed by atoms with van der Waals surface area (Å²) in [6.07, 6.45) is 2.25. The molecule has 0 spiro atoms. The summed E-state index contributed by atoms with van der Waals surface area (Å²) >= 11 is 0.928. The quantitative estimate of drug-likeness (QED) is 0.877. The second kappa shape index (κ2) is 5.79. The fourth-order valence-corrected chi connectivity index (χ4v) is 2.28. The molecule has 1 saturated heterocycles. The number of rotatable bonds is 4. The lowest BCUT2D eigenvalue weighted by molar-refractivity contribution is -0.124. The van der Waals surface area contributed by atoms with Crippen molar-refractivity contribution in [2.24, 2.45) is 0 Å². The van der Waals surface area contributed by atoms with Gasteiger partial charge in [0.1, 0.15) is 0 Å². The van der Waals surface area contributed by atoms with Crippen LogP contribution in [0.25, 0.3) is 0 Å². The molecule has 19 heavy (non-hydrogen) atoms. The van der Waals surface area contributed by atoms with Gasteiger partial charge in [-0.05, 0) is 6.07 Å². The van der Waals surface area contributed by atoms with Gasteiger partial charge in [0.25, 0.3) is 11.1 Å². The second-order valence-corrected chi connectivity index (χ2v) is 4.64. The summed E-state index contributed by atoms with van der Waals surface area (Å²) in [4.78, 5) is 38.8. The van der Waals surface area contributed by atoms with Gasteiger partial charge in [0, 0.05) is 19.3 Å². The molecule has 100 valence electrons. The van der Waals surface area contributed by atoms with Crippen molar-refractivity contribution in [3.8, 4) is 0 Å². The number of carbonyl (C=O) groups is 3. The normalized spacial score (nSPS) is 14.9. The van der Waals surface area contributed by atoms with E-state index in [0.717, 1.165) is 22.9 Å². The Hall–Kier alpha value is -1.96. The highest BCUT2D eigenvalue weighted by Crippen LogP contribution is 2.17. The molecule has 0 radical (unpaired) electrons. The molecule has 0 saturated carbocycles. The molecule has 6 nitrogen and oxygen atoms in total. The second-order valence-electron chi connectivity index (χ2n) is 3.71. The Morgan fingerprint density at radius 1 is 1.53 bits per heavy atom. The van der Waals surface area contributed by atoms with Crippen LogP contribution in [-0.2, 0) is 4.79 Å². The molecular weight excluding hydrogens is 273 g/mol. The molecule has 1 aromatic heterocycles. The van der Waals surface area contributed by atoms with Crippen LogP contribution < -0.4 is 5.32 Å². The van der Waals surface area contributed by atoms with Gasteiger partial charge in [-0.1, -0.05) is 11.8 Å². The molecule has 1 fully saturated rings. The van der Waals surface area contributed by atoms with Crippen molar-refractivity contribution in [2.75, 3.05) is 18.8 Å². The van der Waals surface area contributed by atoms with Gasteiger partial charge in [0.15, 0.2) is 5.82 Å². The number of aromatic nitrogens is 1. The van der Waals surface area contributed by atoms with Gasteiger partial charge in [-0.2, -0.15) is 0 Å². The predicted molar refractivity (Wildman–Crippen MR) is 66.1 cm³/mol. The van der Waals surface area contributed by atoms with E-state index in [9.17, 15) is 18.8 Å². The van der Waals surface area contributed by atoms with Crippen LogP contribution in [0, 0.1) is 5.82 Å². The van der Waals surface area contributed by atoms with Crippen molar-refractivity contribution in [1.29, 1.82) is 0 Å². The molecule has 1 N–H and O–H groups in total. The minimum Gasteiger partial charge on any atom is -0.350 e. The minimum absolute atomic E-state index is 0.0820. The monoisotopic (exact) mass is 283 g/mol. The molecule has 2 rings (SSSR count). The summed E-state index contributed by atoms with van der Waals surface area (Å²) < 4.78 is 13.2. The summed E-state index contributed by atoms with van der Waals surface area (Å²) in [7, 11) is 0. The number of hydrogen-bond acceptors (Lipinski definition) is 5. The van der Waals surface area contributed by atoms with Gasteiger partial charge in [0.2, 0.25) is 5.91 Å². The molecule has 0 bridgehead atoms. The smallest absolute Gasteiger partial charge is 0.288 e. The molecule has 0 aromatic carbocycles. The first-order chi connectivity index (χ1) is 9.09. The summed E-state index contributed by atoms with van der Waals surface area (Å²) in [6, 6.07) is 1.26. The number of carbonyl (C=O) groups excluding carboxylic acids is 3. The summed E-state index contributed by atoms with van der Waals surface area (Å²) in [5.41, 5.74) is -0.122. The number of hydrogen-bond donors (Lipinski definition) is 1.